The number of rotatable bonds is 9. The summed E-state index contributed by atoms with van der Waals surface area (Å²) in [7, 11) is -0.874. The van der Waals surface area contributed by atoms with Crippen molar-refractivity contribution in [2.75, 3.05) is 26.5 Å². The lowest BCUT2D eigenvalue weighted by Crippen LogP contribution is -2.42. The summed E-state index contributed by atoms with van der Waals surface area (Å²) in [4.78, 5) is 3.60. The van der Waals surface area contributed by atoms with Crippen LogP contribution in [0.2, 0.25) is 0 Å². The lowest BCUT2D eigenvalue weighted by atomic mass is 10.0. The molecule has 128 valence electrons. The van der Waals surface area contributed by atoms with E-state index >= 15 is 0 Å². The Balaban J connectivity index is 2.72. The molecule has 0 aromatic heterocycles. The molecule has 8 heteroatoms. The lowest BCUT2D eigenvalue weighted by molar-refractivity contribution is 0.353. The SMILES string of the molecule is [C-]#[N+]C(C)(Cc1ccc(OC)c(OC)c1)NCCCS(=O)(=O)O. The zero-order chi connectivity index (χ0) is 17.5. The van der Waals surface area contributed by atoms with E-state index in [0.29, 0.717) is 24.5 Å². The van der Waals surface area contributed by atoms with Gasteiger partial charge in [0, 0.05) is 13.5 Å². The van der Waals surface area contributed by atoms with E-state index in [0.717, 1.165) is 5.56 Å². The number of hydrogen-bond donors (Lipinski definition) is 2. The van der Waals surface area contributed by atoms with Crippen molar-refractivity contribution in [3.63, 3.8) is 0 Å². The molecule has 0 saturated heterocycles. The maximum absolute atomic E-state index is 10.7. The fourth-order valence-electron chi connectivity index (χ4n) is 2.14. The second kappa shape index (κ2) is 8.15. The number of nitrogens with one attached hydrogen (secondary N) is 1. The third-order valence-electron chi connectivity index (χ3n) is 3.33. The van der Waals surface area contributed by atoms with Gasteiger partial charge in [0.2, 0.25) is 0 Å². The summed E-state index contributed by atoms with van der Waals surface area (Å²) in [6.07, 6.45) is 0.651. The van der Waals surface area contributed by atoms with E-state index in [9.17, 15) is 8.42 Å². The molecule has 0 aliphatic heterocycles. The van der Waals surface area contributed by atoms with Gasteiger partial charge in [0.15, 0.2) is 11.5 Å². The summed E-state index contributed by atoms with van der Waals surface area (Å²) < 4.78 is 40.5. The highest BCUT2D eigenvalue weighted by atomic mass is 32.2. The molecule has 1 rings (SSSR count). The topological polar surface area (TPSA) is 89.2 Å². The van der Waals surface area contributed by atoms with Gasteiger partial charge in [0.05, 0.1) is 26.4 Å². The summed E-state index contributed by atoms with van der Waals surface area (Å²) in [5, 5.41) is 3.03. The van der Waals surface area contributed by atoms with E-state index in [1.165, 1.54) is 0 Å². The summed E-state index contributed by atoms with van der Waals surface area (Å²) in [6.45, 7) is 9.43. The summed E-state index contributed by atoms with van der Waals surface area (Å²) in [5.41, 5.74) is 0.0159. The minimum Gasteiger partial charge on any atom is -0.493 e. The lowest BCUT2D eigenvalue weighted by Gasteiger charge is -2.19. The zero-order valence-electron chi connectivity index (χ0n) is 13.5. The van der Waals surface area contributed by atoms with Crippen molar-refractivity contribution in [3.8, 4) is 11.5 Å². The van der Waals surface area contributed by atoms with Crippen molar-refractivity contribution < 1.29 is 22.4 Å². The molecule has 0 aliphatic carbocycles. The highest BCUT2D eigenvalue weighted by Gasteiger charge is 2.30. The second-order valence-corrected chi connectivity index (χ2v) is 6.89. The van der Waals surface area contributed by atoms with Crippen molar-refractivity contribution in [1.29, 1.82) is 0 Å². The summed E-state index contributed by atoms with van der Waals surface area (Å²) >= 11 is 0. The van der Waals surface area contributed by atoms with Crippen LogP contribution in [0.15, 0.2) is 18.2 Å². The van der Waals surface area contributed by atoms with E-state index in [2.05, 4.69) is 10.2 Å². The Labute approximate surface area is 137 Å². The van der Waals surface area contributed by atoms with Gasteiger partial charge in [0.1, 0.15) is 0 Å². The van der Waals surface area contributed by atoms with Gasteiger partial charge in [-0.3, -0.25) is 9.40 Å². The van der Waals surface area contributed by atoms with Crippen LogP contribution < -0.4 is 14.8 Å². The molecule has 1 aromatic carbocycles. The molecule has 0 spiro atoms. The molecule has 0 heterocycles. The van der Waals surface area contributed by atoms with Crippen LogP contribution in [0.1, 0.15) is 18.9 Å². The van der Waals surface area contributed by atoms with E-state index < -0.39 is 15.8 Å². The molecule has 0 aliphatic rings. The van der Waals surface area contributed by atoms with E-state index in [-0.39, 0.29) is 12.2 Å². The Morgan fingerprint density at radius 2 is 1.96 bits per heavy atom. The van der Waals surface area contributed by atoms with Crippen molar-refractivity contribution in [3.05, 3.63) is 35.2 Å². The van der Waals surface area contributed by atoms with Crippen LogP contribution in [0.5, 0.6) is 11.5 Å². The van der Waals surface area contributed by atoms with Crippen LogP contribution in [0, 0.1) is 6.57 Å². The summed E-state index contributed by atoms with van der Waals surface area (Å²) in [5.74, 6) is 0.871. The predicted octanol–water partition coefficient (Wildman–Crippen LogP) is 1.75. The van der Waals surface area contributed by atoms with E-state index in [1.807, 2.05) is 12.1 Å². The average molecular weight is 342 g/mol. The van der Waals surface area contributed by atoms with Gasteiger partial charge in [0.25, 0.3) is 15.8 Å². The number of hydrogen-bond acceptors (Lipinski definition) is 5. The van der Waals surface area contributed by atoms with E-state index in [4.69, 9.17) is 20.6 Å². The molecule has 1 aromatic rings. The Morgan fingerprint density at radius 3 is 2.48 bits per heavy atom. The first-order chi connectivity index (χ1) is 10.7. The Hall–Kier alpha value is -1.82. The number of benzene rings is 1. The largest absolute Gasteiger partial charge is 0.493 e. The molecule has 1 atom stereocenters. The monoisotopic (exact) mass is 342 g/mol. The van der Waals surface area contributed by atoms with Crippen molar-refractivity contribution in [1.82, 2.24) is 5.32 Å². The van der Waals surface area contributed by atoms with Crippen LogP contribution in [0.25, 0.3) is 4.85 Å². The Kier molecular flexibility index (Phi) is 6.81. The van der Waals surface area contributed by atoms with Gasteiger partial charge >= 0.3 is 0 Å². The minimum atomic E-state index is -3.97. The third kappa shape index (κ3) is 6.44. The van der Waals surface area contributed by atoms with Gasteiger partial charge in [-0.15, -0.1) is 0 Å². The van der Waals surface area contributed by atoms with Crippen LogP contribution in [0.4, 0.5) is 0 Å². The number of ether oxygens (including phenoxy) is 2. The van der Waals surface area contributed by atoms with Crippen LogP contribution in [-0.4, -0.2) is 45.2 Å². The van der Waals surface area contributed by atoms with Crippen molar-refractivity contribution >= 4 is 10.1 Å². The molecule has 0 fully saturated rings. The Morgan fingerprint density at radius 1 is 1.30 bits per heavy atom. The second-order valence-electron chi connectivity index (χ2n) is 5.32. The molecular weight excluding hydrogens is 320 g/mol. The molecule has 7 nitrogen and oxygen atoms in total. The predicted molar refractivity (Wildman–Crippen MR) is 87.3 cm³/mol. The maximum atomic E-state index is 10.7. The highest BCUT2D eigenvalue weighted by Crippen LogP contribution is 2.29. The number of methoxy groups -OCH3 is 2. The molecule has 0 saturated carbocycles. The molecule has 23 heavy (non-hydrogen) atoms. The molecular formula is C15H22N2O5S. The molecule has 0 radical (unpaired) electrons. The normalized spacial score (nSPS) is 13.9. The van der Waals surface area contributed by atoms with Crippen molar-refractivity contribution in [2.45, 2.75) is 25.4 Å². The van der Waals surface area contributed by atoms with Gasteiger partial charge < -0.3 is 9.47 Å². The quantitative estimate of drug-likeness (QED) is 0.404. The molecule has 1 unspecified atom stereocenters. The van der Waals surface area contributed by atoms with Crippen LogP contribution in [0.3, 0.4) is 0 Å². The molecule has 2 N–H and O–H groups in total. The Bertz CT molecular complexity index is 669. The first-order valence-corrected chi connectivity index (χ1v) is 8.63. The standard InChI is InChI=1S/C15H22N2O5S/c1-15(16-2,17-8-5-9-23(18,19)20)11-12-6-7-13(21-3)14(10-12)22-4/h6-7,10,17H,5,8-9,11H2,1,3-4H3,(H,18,19,20). The minimum absolute atomic E-state index is 0.232. The van der Waals surface area contributed by atoms with Crippen LogP contribution >= 0.6 is 0 Å². The first-order valence-electron chi connectivity index (χ1n) is 7.03. The zero-order valence-corrected chi connectivity index (χ0v) is 14.3. The van der Waals surface area contributed by atoms with E-state index in [1.54, 1.807) is 27.2 Å². The fourth-order valence-corrected chi connectivity index (χ4v) is 2.65. The molecule has 0 bridgehead atoms. The van der Waals surface area contributed by atoms with Gasteiger partial charge in [-0.05, 0) is 24.1 Å². The highest BCUT2D eigenvalue weighted by molar-refractivity contribution is 7.85. The van der Waals surface area contributed by atoms with Gasteiger partial charge in [-0.1, -0.05) is 6.07 Å². The van der Waals surface area contributed by atoms with Gasteiger partial charge in [-0.2, -0.15) is 8.42 Å². The fraction of sp³-hybridized carbons (Fsp3) is 0.533. The van der Waals surface area contributed by atoms with Gasteiger partial charge in [-0.25, -0.2) is 11.9 Å². The summed E-state index contributed by atoms with van der Waals surface area (Å²) in [6, 6.07) is 5.43. The molecule has 0 amide bonds. The third-order valence-corrected chi connectivity index (χ3v) is 4.13. The maximum Gasteiger partial charge on any atom is 0.287 e. The smallest absolute Gasteiger partial charge is 0.287 e. The van der Waals surface area contributed by atoms with Crippen LogP contribution in [-0.2, 0) is 16.5 Å². The first kappa shape index (κ1) is 19.2. The van der Waals surface area contributed by atoms with Crippen molar-refractivity contribution in [2.24, 2.45) is 0 Å². The average Bonchev–Trinajstić information content (AvgIpc) is 2.50. The number of nitrogens with zero attached hydrogens (tertiary/aromatic N) is 1.